The van der Waals surface area contributed by atoms with Gasteiger partial charge in [-0.15, -0.1) is 0 Å². The van der Waals surface area contributed by atoms with E-state index in [0.717, 1.165) is 10.2 Å². The van der Waals surface area contributed by atoms with E-state index < -0.39 is 5.97 Å². The van der Waals surface area contributed by atoms with Crippen molar-refractivity contribution in [3.8, 4) is 5.82 Å². The van der Waals surface area contributed by atoms with Crippen LogP contribution in [0.25, 0.3) is 5.82 Å². The monoisotopic (exact) mass is 309 g/mol. The zero-order chi connectivity index (χ0) is 13.3. The maximum absolute atomic E-state index is 11.0. The summed E-state index contributed by atoms with van der Waals surface area (Å²) in [5, 5.41) is 13.1. The number of aromatic carboxylic acids is 1. The van der Waals surface area contributed by atoms with E-state index in [1.54, 1.807) is 23.0 Å². The standard InChI is InChI=1S/C12H12BrN3O2/c1-7(2)10-5-9(12(17)18)15-16(10)11-4-3-8(13)6-14-11/h3-7H,1-2H3,(H,17,18). The van der Waals surface area contributed by atoms with Crippen molar-refractivity contribution < 1.29 is 9.90 Å². The zero-order valence-corrected chi connectivity index (χ0v) is 11.5. The lowest BCUT2D eigenvalue weighted by atomic mass is 10.1. The van der Waals surface area contributed by atoms with Crippen LogP contribution in [-0.2, 0) is 0 Å². The van der Waals surface area contributed by atoms with E-state index in [1.807, 2.05) is 19.9 Å². The Labute approximate surface area is 113 Å². The third-order valence-corrected chi connectivity index (χ3v) is 2.95. The summed E-state index contributed by atoms with van der Waals surface area (Å²) in [5.74, 6) is -0.266. The molecule has 0 radical (unpaired) electrons. The third-order valence-electron chi connectivity index (χ3n) is 2.48. The van der Waals surface area contributed by atoms with Gasteiger partial charge in [-0.05, 0) is 40.0 Å². The predicted octanol–water partition coefficient (Wildman–Crippen LogP) is 2.85. The van der Waals surface area contributed by atoms with E-state index in [9.17, 15) is 4.79 Å². The smallest absolute Gasteiger partial charge is 0.356 e. The summed E-state index contributed by atoms with van der Waals surface area (Å²) in [6.45, 7) is 3.97. The molecule has 2 rings (SSSR count). The highest BCUT2D eigenvalue weighted by Crippen LogP contribution is 2.20. The normalized spacial score (nSPS) is 10.9. The largest absolute Gasteiger partial charge is 0.476 e. The highest BCUT2D eigenvalue weighted by Gasteiger charge is 2.17. The van der Waals surface area contributed by atoms with Gasteiger partial charge in [0, 0.05) is 16.4 Å². The average molecular weight is 310 g/mol. The molecule has 0 aliphatic carbocycles. The Morgan fingerprint density at radius 1 is 1.44 bits per heavy atom. The maximum atomic E-state index is 11.0. The van der Waals surface area contributed by atoms with Crippen molar-refractivity contribution in [1.29, 1.82) is 0 Å². The molecule has 2 aromatic rings. The van der Waals surface area contributed by atoms with Crippen LogP contribution in [0.5, 0.6) is 0 Å². The fourth-order valence-electron chi connectivity index (χ4n) is 1.59. The van der Waals surface area contributed by atoms with Gasteiger partial charge in [-0.2, -0.15) is 5.10 Å². The minimum atomic E-state index is -1.03. The van der Waals surface area contributed by atoms with Gasteiger partial charge in [0.2, 0.25) is 0 Å². The molecule has 0 saturated heterocycles. The van der Waals surface area contributed by atoms with E-state index in [1.165, 1.54) is 0 Å². The van der Waals surface area contributed by atoms with Crippen LogP contribution in [-0.4, -0.2) is 25.8 Å². The van der Waals surface area contributed by atoms with Crippen LogP contribution >= 0.6 is 15.9 Å². The highest BCUT2D eigenvalue weighted by molar-refractivity contribution is 9.10. The highest BCUT2D eigenvalue weighted by atomic mass is 79.9. The molecule has 0 unspecified atom stereocenters. The Bertz CT molecular complexity index is 576. The molecule has 2 heterocycles. The molecule has 0 aliphatic heterocycles. The summed E-state index contributed by atoms with van der Waals surface area (Å²) in [7, 11) is 0. The van der Waals surface area contributed by atoms with Gasteiger partial charge in [-0.3, -0.25) is 0 Å². The molecule has 0 amide bonds. The molecule has 0 atom stereocenters. The Kier molecular flexibility index (Phi) is 3.47. The molecule has 18 heavy (non-hydrogen) atoms. The van der Waals surface area contributed by atoms with Crippen LogP contribution in [0, 0.1) is 0 Å². The topological polar surface area (TPSA) is 68.0 Å². The maximum Gasteiger partial charge on any atom is 0.356 e. The second-order valence-corrected chi connectivity index (χ2v) is 5.08. The number of rotatable bonds is 3. The van der Waals surface area contributed by atoms with Gasteiger partial charge in [-0.25, -0.2) is 14.5 Å². The van der Waals surface area contributed by atoms with Gasteiger partial charge in [0.25, 0.3) is 0 Å². The van der Waals surface area contributed by atoms with E-state index in [4.69, 9.17) is 5.11 Å². The molecule has 0 spiro atoms. The van der Waals surface area contributed by atoms with Crippen molar-refractivity contribution in [2.75, 3.05) is 0 Å². The van der Waals surface area contributed by atoms with Gasteiger partial charge in [-0.1, -0.05) is 13.8 Å². The minimum absolute atomic E-state index is 0.0309. The number of hydrogen-bond donors (Lipinski definition) is 1. The van der Waals surface area contributed by atoms with Crippen molar-refractivity contribution in [2.45, 2.75) is 19.8 Å². The van der Waals surface area contributed by atoms with Gasteiger partial charge in [0.1, 0.15) is 0 Å². The molecule has 1 N–H and O–H groups in total. The number of pyridine rings is 1. The average Bonchev–Trinajstić information content (AvgIpc) is 2.75. The third kappa shape index (κ3) is 2.43. The first-order chi connectivity index (χ1) is 8.49. The molecule has 0 aliphatic rings. The molecule has 0 aromatic carbocycles. The first-order valence-electron chi connectivity index (χ1n) is 5.44. The van der Waals surface area contributed by atoms with Crippen molar-refractivity contribution in [1.82, 2.24) is 14.8 Å². The summed E-state index contributed by atoms with van der Waals surface area (Å²) in [6, 6.07) is 5.21. The SMILES string of the molecule is CC(C)c1cc(C(=O)O)nn1-c1ccc(Br)cn1. The Hall–Kier alpha value is -1.69. The van der Waals surface area contributed by atoms with Crippen LogP contribution in [0.15, 0.2) is 28.9 Å². The number of aromatic nitrogens is 3. The minimum Gasteiger partial charge on any atom is -0.476 e. The number of hydrogen-bond acceptors (Lipinski definition) is 3. The van der Waals surface area contributed by atoms with Crippen LogP contribution in [0.3, 0.4) is 0 Å². The van der Waals surface area contributed by atoms with Crippen molar-refractivity contribution in [2.24, 2.45) is 0 Å². The van der Waals surface area contributed by atoms with Gasteiger partial charge in [0.05, 0.1) is 0 Å². The molecule has 0 fully saturated rings. The first-order valence-corrected chi connectivity index (χ1v) is 6.23. The quantitative estimate of drug-likeness (QED) is 0.946. The number of carbonyl (C=O) groups is 1. The van der Waals surface area contributed by atoms with Crippen molar-refractivity contribution in [3.63, 3.8) is 0 Å². The van der Waals surface area contributed by atoms with Crippen LogP contribution < -0.4 is 0 Å². The molecular formula is C12H12BrN3O2. The lowest BCUT2D eigenvalue weighted by molar-refractivity contribution is 0.0690. The van der Waals surface area contributed by atoms with Gasteiger partial charge in [0.15, 0.2) is 11.5 Å². The molecule has 94 valence electrons. The zero-order valence-electron chi connectivity index (χ0n) is 9.96. The molecule has 0 saturated carbocycles. The molecular weight excluding hydrogens is 298 g/mol. The van der Waals surface area contributed by atoms with E-state index in [0.29, 0.717) is 5.82 Å². The summed E-state index contributed by atoms with van der Waals surface area (Å²) < 4.78 is 2.43. The van der Waals surface area contributed by atoms with Crippen LogP contribution in [0.1, 0.15) is 35.9 Å². The lowest BCUT2D eigenvalue weighted by Gasteiger charge is -2.08. The lowest BCUT2D eigenvalue weighted by Crippen LogP contribution is -2.06. The number of carboxylic acids is 1. The van der Waals surface area contributed by atoms with E-state index in [-0.39, 0.29) is 11.6 Å². The van der Waals surface area contributed by atoms with Gasteiger partial charge < -0.3 is 5.11 Å². The van der Waals surface area contributed by atoms with E-state index in [2.05, 4.69) is 26.0 Å². The van der Waals surface area contributed by atoms with E-state index >= 15 is 0 Å². The summed E-state index contributed by atoms with van der Waals surface area (Å²) in [5.41, 5.74) is 0.852. The summed E-state index contributed by atoms with van der Waals surface area (Å²) in [6.07, 6.45) is 1.65. The van der Waals surface area contributed by atoms with Crippen molar-refractivity contribution in [3.05, 3.63) is 40.3 Å². The second-order valence-electron chi connectivity index (χ2n) is 4.16. The number of carboxylic acid groups (broad SMARTS) is 1. The van der Waals surface area contributed by atoms with Crippen molar-refractivity contribution >= 4 is 21.9 Å². The summed E-state index contributed by atoms with van der Waals surface area (Å²) >= 11 is 3.31. The predicted molar refractivity (Wildman–Crippen MR) is 70.1 cm³/mol. The second kappa shape index (κ2) is 4.89. The molecule has 6 heteroatoms. The molecule has 5 nitrogen and oxygen atoms in total. The molecule has 0 bridgehead atoms. The Balaban J connectivity index is 2.54. The molecule has 2 aromatic heterocycles. The van der Waals surface area contributed by atoms with Crippen LogP contribution in [0.2, 0.25) is 0 Å². The van der Waals surface area contributed by atoms with Crippen LogP contribution in [0.4, 0.5) is 0 Å². The first kappa shape index (κ1) is 12.8. The number of halogens is 1. The number of nitrogens with zero attached hydrogens (tertiary/aromatic N) is 3. The Morgan fingerprint density at radius 2 is 2.17 bits per heavy atom. The fraction of sp³-hybridized carbons (Fsp3) is 0.250. The summed E-state index contributed by atoms with van der Waals surface area (Å²) in [4.78, 5) is 15.2. The Morgan fingerprint density at radius 3 is 2.67 bits per heavy atom. The fourth-order valence-corrected chi connectivity index (χ4v) is 1.82. The van der Waals surface area contributed by atoms with Gasteiger partial charge >= 0.3 is 5.97 Å².